The van der Waals surface area contributed by atoms with Crippen molar-refractivity contribution in [2.24, 2.45) is 0 Å². The van der Waals surface area contributed by atoms with E-state index in [2.05, 4.69) is 57.4 Å². The number of aliphatic hydroxyl groups excluding tert-OH is 2. The van der Waals surface area contributed by atoms with E-state index < -0.39 is 87.6 Å². The fourth-order valence-corrected chi connectivity index (χ4v) is 8.95. The largest absolute Gasteiger partial charge is 0.387 e. The molecule has 7 rings (SSSR count). The molecular weight excluding hydrogens is 708 g/mol. The Balaban J connectivity index is 1.19. The number of ether oxygens (including phenoxy) is 2. The molecule has 0 amide bonds. The van der Waals surface area contributed by atoms with Gasteiger partial charge in [0, 0.05) is 0 Å². The molecule has 4 aromatic heterocycles. The number of aromatic nitrogens is 8. The van der Waals surface area contributed by atoms with Gasteiger partial charge in [0.15, 0.2) is 34.8 Å². The molecule has 4 aromatic rings. The molecule has 0 aromatic carbocycles. The first kappa shape index (κ1) is 32.7. The maximum absolute atomic E-state index is 13.9. The zero-order chi connectivity index (χ0) is 33.4. The number of hydrogen-bond acceptors (Lipinski definition) is 17. The summed E-state index contributed by atoms with van der Waals surface area (Å²) in [7, 11) is -4.16. The van der Waals surface area contributed by atoms with Crippen LogP contribution in [0.1, 0.15) is 12.5 Å². The molecule has 3 aliphatic rings. The molecule has 3 saturated heterocycles. The Morgan fingerprint density at radius 3 is 1.85 bits per heavy atom. The predicted octanol–water partition coefficient (Wildman–Crippen LogP) is -3.34. The molecule has 2 unspecified atom stereocenters. The molecule has 0 aliphatic carbocycles. The van der Waals surface area contributed by atoms with Crippen LogP contribution in [0.15, 0.2) is 22.2 Å². The van der Waals surface area contributed by atoms with Crippen molar-refractivity contribution in [1.29, 1.82) is 0 Å². The van der Waals surface area contributed by atoms with E-state index in [1.54, 1.807) is 0 Å². The summed E-state index contributed by atoms with van der Waals surface area (Å²) in [6, 6.07) is -2.41. The van der Waals surface area contributed by atoms with Crippen molar-refractivity contribution in [3.8, 4) is 0 Å². The van der Waals surface area contributed by atoms with Crippen LogP contribution in [0.5, 0.6) is 0 Å². The Morgan fingerprint density at radius 1 is 0.894 bits per heavy atom. The van der Waals surface area contributed by atoms with Crippen molar-refractivity contribution < 1.29 is 38.2 Å². The number of rotatable bonds is 3. The van der Waals surface area contributed by atoms with Crippen molar-refractivity contribution in [1.82, 2.24) is 53.7 Å². The van der Waals surface area contributed by atoms with Crippen molar-refractivity contribution in [2.75, 3.05) is 24.7 Å². The van der Waals surface area contributed by atoms with Crippen molar-refractivity contribution >= 4 is 73.2 Å². The smallest absolute Gasteiger partial charge is 0.350 e. The highest BCUT2D eigenvalue weighted by molar-refractivity contribution is 8.08. The van der Waals surface area contributed by atoms with Crippen LogP contribution >= 0.6 is 27.1 Å². The van der Waals surface area contributed by atoms with Gasteiger partial charge in [0.2, 0.25) is 11.9 Å². The highest BCUT2D eigenvalue weighted by atomic mass is 32.5. The van der Waals surface area contributed by atoms with Gasteiger partial charge in [-0.1, -0.05) is 12.8 Å². The quantitative estimate of drug-likeness (QED) is 0.0723. The lowest BCUT2D eigenvalue weighted by molar-refractivity contribution is -0.0470. The third-order valence-corrected chi connectivity index (χ3v) is 11.8. The minimum atomic E-state index is -4.16. The highest BCUT2D eigenvalue weighted by Gasteiger charge is 2.52. The van der Waals surface area contributed by atoms with Gasteiger partial charge in [-0.3, -0.25) is 33.3 Å². The second-order valence-corrected chi connectivity index (χ2v) is 16.2. The fraction of sp³-hybridized carbons (Fsp3) is 0.500. The van der Waals surface area contributed by atoms with Crippen LogP contribution in [-0.2, 0) is 34.9 Å². The molecule has 0 spiro atoms. The normalized spacial score (nSPS) is 36.6. The van der Waals surface area contributed by atoms with E-state index in [1.165, 1.54) is 21.8 Å². The summed E-state index contributed by atoms with van der Waals surface area (Å²) >= 11 is 9.32. The summed E-state index contributed by atoms with van der Waals surface area (Å²) in [6.07, 6.45) is -5.41. The molecule has 7 heterocycles. The van der Waals surface area contributed by atoms with Crippen LogP contribution in [0.2, 0.25) is 0 Å². The number of nitrogen functional groups attached to an aromatic ring is 2. The summed E-state index contributed by atoms with van der Waals surface area (Å²) in [6.45, 7) is -4.94. The molecule has 47 heavy (non-hydrogen) atoms. The first-order chi connectivity index (χ1) is 22.3. The first-order valence-electron chi connectivity index (χ1n) is 13.6. The van der Waals surface area contributed by atoms with Gasteiger partial charge < -0.3 is 45.1 Å². The maximum Gasteiger partial charge on any atom is 0.350 e. The van der Waals surface area contributed by atoms with Crippen molar-refractivity contribution in [2.45, 2.75) is 49.0 Å². The lowest BCUT2D eigenvalue weighted by Gasteiger charge is -2.31. The number of hydrogen-bond donors (Lipinski definition) is 11. The zero-order valence-electron chi connectivity index (χ0n) is 23.5. The third-order valence-electron chi connectivity index (χ3n) is 7.80. The van der Waals surface area contributed by atoms with E-state index in [9.17, 15) is 29.3 Å². The van der Waals surface area contributed by atoms with Gasteiger partial charge in [0.05, 0.1) is 38.0 Å². The number of nitrogens with two attached hydrogens (primary N) is 2. The number of fused-ring (bicyclic) bond motifs is 4. The molecule has 27 heteroatoms. The molecular formula is C20H27N13O10P2S2. The molecule has 3 aliphatic heterocycles. The number of aromatic amines is 2. The summed E-state index contributed by atoms with van der Waals surface area (Å²) in [4.78, 5) is 56.7. The Labute approximate surface area is 271 Å². The van der Waals surface area contributed by atoms with Gasteiger partial charge >= 0.3 is 7.67 Å². The van der Waals surface area contributed by atoms with Gasteiger partial charge in [-0.2, -0.15) is 14.5 Å². The molecule has 0 saturated carbocycles. The average Bonchev–Trinajstić information content (AvgIpc) is 3.76. The molecule has 3 fully saturated rings. The predicted molar refractivity (Wildman–Crippen MR) is 167 cm³/mol. The Morgan fingerprint density at radius 2 is 1.36 bits per heavy atom. The van der Waals surface area contributed by atoms with E-state index in [0.717, 1.165) is 0 Å². The molecule has 12 N–H and O–H groups in total. The van der Waals surface area contributed by atoms with Gasteiger partial charge in [-0.25, -0.2) is 20.1 Å². The van der Waals surface area contributed by atoms with Crippen LogP contribution in [0, 0.1) is 0 Å². The second-order valence-electron chi connectivity index (χ2n) is 10.7. The summed E-state index contributed by atoms with van der Waals surface area (Å²) in [5.41, 5.74) is 10.0. The second kappa shape index (κ2) is 11.9. The lowest BCUT2D eigenvalue weighted by Crippen LogP contribution is -2.48. The van der Waals surface area contributed by atoms with E-state index in [4.69, 9.17) is 41.8 Å². The number of imidazole rings is 2. The number of thiol groups is 1. The lowest BCUT2D eigenvalue weighted by atomic mass is 10.1. The molecule has 0 bridgehead atoms. The van der Waals surface area contributed by atoms with Gasteiger partial charge in [0.25, 0.3) is 17.8 Å². The Kier molecular flexibility index (Phi) is 8.29. The van der Waals surface area contributed by atoms with Crippen LogP contribution in [0.25, 0.3) is 22.3 Å². The minimum absolute atomic E-state index is 0.000686. The maximum atomic E-state index is 13.9. The van der Waals surface area contributed by atoms with Gasteiger partial charge in [-0.05, 0) is 11.8 Å². The number of aliphatic hydroxyl groups is 2. The van der Waals surface area contributed by atoms with E-state index in [-0.39, 0.29) is 34.2 Å². The monoisotopic (exact) mass is 735 g/mol. The zero-order valence-corrected chi connectivity index (χ0v) is 27.0. The highest BCUT2D eigenvalue weighted by Crippen LogP contribution is 2.48. The Bertz CT molecular complexity index is 2080. The summed E-state index contributed by atoms with van der Waals surface area (Å²) in [5.74, 6) is -0.412. The average molecular weight is 736 g/mol. The fourth-order valence-electron chi connectivity index (χ4n) is 5.68. The summed E-state index contributed by atoms with van der Waals surface area (Å²) < 4.78 is 42.2. The number of H-pyrrole nitrogens is 2. The van der Waals surface area contributed by atoms with Crippen LogP contribution in [0.4, 0.5) is 11.9 Å². The van der Waals surface area contributed by atoms with Crippen molar-refractivity contribution in [3.63, 3.8) is 0 Å². The SMILES string of the molecule is Nc1nc2c(ncn2[C@@H]2O[C@@H]3COP(O)(=S)N[C@H]4[C@@H](O)[C@H](n5cnc6c(=O)[nH]c(N)nc65)O[C@@H]4COP(=O)(NS)N[C@H]3[C@H]2O)c(=O)[nH]1. The number of nitrogens with zero attached hydrogens (tertiary/aromatic N) is 6. The minimum Gasteiger partial charge on any atom is -0.387 e. The molecule has 0 radical (unpaired) electrons. The Hall–Kier alpha value is -2.87. The first-order valence-corrected chi connectivity index (χ1v) is 18.3. The third kappa shape index (κ3) is 5.80. The molecule has 23 nitrogen and oxygen atoms in total. The van der Waals surface area contributed by atoms with E-state index >= 15 is 0 Å². The van der Waals surface area contributed by atoms with Crippen LogP contribution in [0.3, 0.4) is 0 Å². The summed E-state index contributed by atoms with van der Waals surface area (Å²) in [5, 5.41) is 28.2. The van der Waals surface area contributed by atoms with Gasteiger partial charge in [0.1, 0.15) is 24.4 Å². The van der Waals surface area contributed by atoms with Gasteiger partial charge in [-0.15, -0.1) is 0 Å². The molecule has 10 atom stereocenters. The van der Waals surface area contributed by atoms with Crippen LogP contribution < -0.4 is 37.3 Å². The van der Waals surface area contributed by atoms with Crippen LogP contribution in [-0.4, -0.2) is 104 Å². The molecule has 254 valence electrons. The van der Waals surface area contributed by atoms with E-state index in [1.807, 2.05) is 0 Å². The number of anilines is 2. The van der Waals surface area contributed by atoms with E-state index in [0.29, 0.717) is 0 Å². The standard InChI is InChI=1S/C20H27N13O10P2S2/c21-19-25-13-9(15(36)27-19)23-3-32(13)17-11(34)7-6(43-17)2-41-45(39,47)30-8-5(1-40-44(38,29-7)31-46)42-18(12(8)35)33-4-24-10-14(33)26-20(22)28-16(10)37/h3-8,11-12,17-18,34-35,46H,1-2H2,(H2,29,31,38)(H2,30,39,47)(H3,21,25,27,36)(H3,22,26,28,37)/t5-,6-,7-,8-,11-,12-,17-,18-,44?,45?/m1/s1. The van der Waals surface area contributed by atoms with Crippen molar-refractivity contribution in [3.05, 3.63) is 33.4 Å². The topological polar surface area (TPSA) is 330 Å². The number of nitrogens with one attached hydrogen (secondary N) is 5.